The second-order valence-electron chi connectivity index (χ2n) is 10.4. The van der Waals surface area contributed by atoms with Gasteiger partial charge in [-0.3, -0.25) is 0 Å². The monoisotopic (exact) mass is 547 g/mol. The van der Waals surface area contributed by atoms with Crippen molar-refractivity contribution in [1.82, 2.24) is 20.5 Å². The molecule has 2 heterocycles. The quantitative estimate of drug-likeness (QED) is 0.286. The molecule has 2 aliphatic rings. The van der Waals surface area contributed by atoms with Crippen LogP contribution in [0.5, 0.6) is 0 Å². The fourth-order valence-electron chi connectivity index (χ4n) is 5.82. The minimum absolute atomic E-state index is 0.0519. The molecule has 37 heavy (non-hydrogen) atoms. The van der Waals surface area contributed by atoms with E-state index in [9.17, 15) is 4.79 Å². The maximum Gasteiger partial charge on any atom is 0.317 e. The topological polar surface area (TPSA) is 78.5 Å². The zero-order chi connectivity index (χ0) is 25.9. The Morgan fingerprint density at radius 2 is 2.11 bits per heavy atom. The van der Waals surface area contributed by atoms with Gasteiger partial charge >= 0.3 is 6.03 Å². The molecule has 204 valence electrons. The van der Waals surface area contributed by atoms with Gasteiger partial charge < -0.3 is 25.6 Å². The molecule has 4 rings (SSSR count). The number of benzene rings is 1. The van der Waals surface area contributed by atoms with E-state index in [0.717, 1.165) is 49.0 Å². The van der Waals surface area contributed by atoms with Crippen LogP contribution < -0.4 is 16.0 Å². The number of halogens is 1. The van der Waals surface area contributed by atoms with Crippen molar-refractivity contribution in [1.29, 1.82) is 0 Å². The Kier molecular flexibility index (Phi) is 11.3. The number of nitrogens with one attached hydrogen (secondary N) is 3. The molecule has 1 aliphatic carbocycles. The number of thiazole rings is 1. The van der Waals surface area contributed by atoms with Gasteiger partial charge in [0.1, 0.15) is 0 Å². The summed E-state index contributed by atoms with van der Waals surface area (Å²) >= 11 is 7.93. The van der Waals surface area contributed by atoms with E-state index in [1.54, 1.807) is 17.5 Å². The third-order valence-corrected chi connectivity index (χ3v) is 8.55. The summed E-state index contributed by atoms with van der Waals surface area (Å²) in [5.74, 6) is 0.930. The highest BCUT2D eigenvalue weighted by Gasteiger charge is 2.32. The number of piperidine rings is 1. The molecular formula is C28H42ClN5O2S. The Bertz CT molecular complexity index is 940. The van der Waals surface area contributed by atoms with Gasteiger partial charge in [-0.25, -0.2) is 9.78 Å². The summed E-state index contributed by atoms with van der Waals surface area (Å²) < 4.78 is 6.46. The van der Waals surface area contributed by atoms with Crippen molar-refractivity contribution in [2.75, 3.05) is 45.2 Å². The summed E-state index contributed by atoms with van der Waals surface area (Å²) in [5.41, 5.74) is 1.07. The summed E-state index contributed by atoms with van der Waals surface area (Å²) in [6.07, 6.45) is 11.3. The number of rotatable bonds is 12. The average Bonchev–Trinajstić information content (AvgIpc) is 3.43. The number of aromatic nitrogens is 1. The van der Waals surface area contributed by atoms with Crippen molar-refractivity contribution in [3.63, 3.8) is 0 Å². The highest BCUT2D eigenvalue weighted by molar-refractivity contribution is 7.13. The Morgan fingerprint density at radius 3 is 2.86 bits per heavy atom. The van der Waals surface area contributed by atoms with Crippen LogP contribution in [-0.2, 0) is 4.74 Å². The number of likely N-dealkylation sites (tertiary alicyclic amines) is 1. The number of likely N-dealkylation sites (N-methyl/N-ethyl adjacent to an activating group) is 1. The van der Waals surface area contributed by atoms with E-state index in [2.05, 4.69) is 27.0 Å². The van der Waals surface area contributed by atoms with Gasteiger partial charge in [0.2, 0.25) is 0 Å². The van der Waals surface area contributed by atoms with E-state index in [-0.39, 0.29) is 24.1 Å². The van der Waals surface area contributed by atoms with E-state index in [0.29, 0.717) is 24.7 Å². The van der Waals surface area contributed by atoms with Crippen LogP contribution in [0.3, 0.4) is 0 Å². The van der Waals surface area contributed by atoms with E-state index < -0.39 is 0 Å². The molecule has 1 aliphatic heterocycles. The highest BCUT2D eigenvalue weighted by Crippen LogP contribution is 2.34. The summed E-state index contributed by atoms with van der Waals surface area (Å²) in [6, 6.07) is 8.15. The van der Waals surface area contributed by atoms with Gasteiger partial charge in [0.05, 0.1) is 12.7 Å². The number of amides is 2. The highest BCUT2D eigenvalue weighted by atomic mass is 35.5. The number of urea groups is 1. The molecule has 2 amide bonds. The third-order valence-electron chi connectivity index (χ3n) is 7.58. The molecule has 1 aromatic carbocycles. The lowest BCUT2D eigenvalue weighted by Crippen LogP contribution is -2.52. The zero-order valence-corrected chi connectivity index (χ0v) is 23.5. The van der Waals surface area contributed by atoms with Crippen LogP contribution in [0.25, 0.3) is 0 Å². The fourth-order valence-corrected chi connectivity index (χ4v) is 6.57. The van der Waals surface area contributed by atoms with Crippen molar-refractivity contribution >= 4 is 34.1 Å². The molecule has 2 aromatic rings. The number of nitrogens with zero attached hydrogens (tertiary/aromatic N) is 2. The second-order valence-corrected chi connectivity index (χ2v) is 11.7. The Hall–Kier alpha value is -1.87. The molecule has 1 saturated heterocycles. The SMILES string of the molecule is CNC[C@H](CC1CCCCC1)NC(=O)N1CCC[C@@H](C(OCCNc2nccs2)c2cccc(Cl)c2)C1. The first-order valence-electron chi connectivity index (χ1n) is 13.8. The predicted molar refractivity (Wildman–Crippen MR) is 152 cm³/mol. The maximum absolute atomic E-state index is 13.4. The van der Waals surface area contributed by atoms with Crippen LogP contribution in [0.15, 0.2) is 35.8 Å². The van der Waals surface area contributed by atoms with Gasteiger partial charge in [-0.1, -0.05) is 55.8 Å². The van der Waals surface area contributed by atoms with Gasteiger partial charge in [0.15, 0.2) is 5.13 Å². The van der Waals surface area contributed by atoms with Crippen LogP contribution in [0.2, 0.25) is 5.02 Å². The molecule has 2 fully saturated rings. The maximum atomic E-state index is 13.4. The van der Waals surface area contributed by atoms with E-state index >= 15 is 0 Å². The molecule has 7 nitrogen and oxygen atoms in total. The van der Waals surface area contributed by atoms with Gasteiger partial charge in [-0.05, 0) is 49.9 Å². The number of hydrogen-bond acceptors (Lipinski definition) is 6. The van der Waals surface area contributed by atoms with Crippen molar-refractivity contribution in [2.45, 2.75) is 63.5 Å². The Balaban J connectivity index is 1.36. The van der Waals surface area contributed by atoms with Crippen LogP contribution >= 0.6 is 22.9 Å². The molecular weight excluding hydrogens is 506 g/mol. The van der Waals surface area contributed by atoms with E-state index in [1.807, 2.05) is 35.5 Å². The molecule has 1 unspecified atom stereocenters. The molecule has 0 radical (unpaired) electrons. The number of hydrogen-bond donors (Lipinski definition) is 3. The summed E-state index contributed by atoms with van der Waals surface area (Å²) in [7, 11) is 1.97. The van der Waals surface area contributed by atoms with Gasteiger partial charge in [0, 0.05) is 54.7 Å². The summed E-state index contributed by atoms with van der Waals surface area (Å²) in [5, 5.41) is 13.5. The lowest BCUT2D eigenvalue weighted by atomic mass is 9.85. The van der Waals surface area contributed by atoms with Crippen LogP contribution in [0, 0.1) is 11.8 Å². The molecule has 1 aromatic heterocycles. The van der Waals surface area contributed by atoms with Crippen LogP contribution in [-0.4, -0.2) is 61.8 Å². The summed E-state index contributed by atoms with van der Waals surface area (Å²) in [6.45, 7) is 3.49. The normalized spacial score (nSPS) is 20.4. The minimum Gasteiger partial charge on any atom is -0.371 e. The Morgan fingerprint density at radius 1 is 1.24 bits per heavy atom. The van der Waals surface area contributed by atoms with Crippen molar-refractivity contribution < 1.29 is 9.53 Å². The van der Waals surface area contributed by atoms with E-state index in [4.69, 9.17) is 16.3 Å². The van der Waals surface area contributed by atoms with Crippen molar-refractivity contribution in [2.24, 2.45) is 11.8 Å². The first-order chi connectivity index (χ1) is 18.1. The lowest BCUT2D eigenvalue weighted by molar-refractivity contribution is -0.00556. The third kappa shape index (κ3) is 8.84. The lowest BCUT2D eigenvalue weighted by Gasteiger charge is -2.38. The fraction of sp³-hybridized carbons (Fsp3) is 0.643. The van der Waals surface area contributed by atoms with E-state index in [1.165, 1.54) is 32.1 Å². The Labute approximate surface area is 230 Å². The predicted octanol–water partition coefficient (Wildman–Crippen LogP) is 5.95. The molecule has 0 spiro atoms. The molecule has 9 heteroatoms. The van der Waals surface area contributed by atoms with Gasteiger partial charge in [-0.15, -0.1) is 11.3 Å². The minimum atomic E-state index is -0.122. The smallest absolute Gasteiger partial charge is 0.317 e. The molecule has 3 atom stereocenters. The number of anilines is 1. The van der Waals surface area contributed by atoms with Crippen molar-refractivity contribution in [3.8, 4) is 0 Å². The number of carbonyl (C=O) groups is 1. The first kappa shape index (κ1) is 28.1. The summed E-state index contributed by atoms with van der Waals surface area (Å²) in [4.78, 5) is 19.7. The molecule has 3 N–H and O–H groups in total. The van der Waals surface area contributed by atoms with Crippen molar-refractivity contribution in [3.05, 3.63) is 46.4 Å². The molecule has 0 bridgehead atoms. The van der Waals surface area contributed by atoms with Crippen LogP contribution in [0.4, 0.5) is 9.93 Å². The second kappa shape index (κ2) is 14.9. The average molecular weight is 548 g/mol. The largest absolute Gasteiger partial charge is 0.371 e. The standard InChI is InChI=1S/C28H42ClN5O2S/c1-30-19-25(17-21-7-3-2-4-8-21)33-28(35)34-14-6-10-23(20-34)26(22-9-5-11-24(29)18-22)36-15-12-31-27-32-13-16-37-27/h5,9,11,13,16,18,21,23,25-26,30H,2-4,6-8,10,12,14-15,17,19-20H2,1H3,(H,31,32)(H,33,35)/t23-,25+,26?/m1/s1. The van der Waals surface area contributed by atoms with Gasteiger partial charge in [-0.2, -0.15) is 0 Å². The molecule has 1 saturated carbocycles. The first-order valence-corrected chi connectivity index (χ1v) is 15.1. The zero-order valence-electron chi connectivity index (χ0n) is 22.0. The van der Waals surface area contributed by atoms with Gasteiger partial charge in [0.25, 0.3) is 0 Å². The number of ether oxygens (including phenoxy) is 1. The number of carbonyl (C=O) groups excluding carboxylic acids is 1. The van der Waals surface area contributed by atoms with Crippen LogP contribution in [0.1, 0.15) is 63.0 Å².